The van der Waals surface area contributed by atoms with Crippen LogP contribution in [0.15, 0.2) is 24.3 Å². The summed E-state index contributed by atoms with van der Waals surface area (Å²) in [7, 11) is 1.66. The molecule has 1 amide bonds. The minimum atomic E-state index is 0.184. The highest BCUT2D eigenvalue weighted by Crippen LogP contribution is 2.47. The van der Waals surface area contributed by atoms with Gasteiger partial charge in [0.2, 0.25) is 5.91 Å². The molecule has 170 valence electrons. The number of amides is 1. The second kappa shape index (κ2) is 11.3. The van der Waals surface area contributed by atoms with Crippen LogP contribution in [0.1, 0.15) is 90.3 Å². The monoisotopic (exact) mass is 416 g/mol. The molecule has 0 heterocycles. The molecule has 0 saturated carbocycles. The molecular formula is C26H44N2O2. The average molecular weight is 417 g/mol. The smallest absolute Gasteiger partial charge is 0.225 e. The number of methoxy groups -OCH3 is 1. The Morgan fingerprint density at radius 2 is 1.97 bits per heavy atom. The van der Waals surface area contributed by atoms with Crippen molar-refractivity contribution in [3.8, 4) is 0 Å². The van der Waals surface area contributed by atoms with Crippen molar-refractivity contribution in [2.75, 3.05) is 33.4 Å². The highest BCUT2D eigenvalue weighted by molar-refractivity contribution is 5.77. The Kier molecular flexibility index (Phi) is 9.36. The van der Waals surface area contributed by atoms with E-state index in [4.69, 9.17) is 4.74 Å². The fraction of sp³-hybridized carbons (Fsp3) is 0.731. The number of benzene rings is 1. The van der Waals surface area contributed by atoms with E-state index in [9.17, 15) is 4.79 Å². The lowest BCUT2D eigenvalue weighted by atomic mass is 9.65. The van der Waals surface area contributed by atoms with Crippen LogP contribution < -0.4 is 5.32 Å². The van der Waals surface area contributed by atoms with Crippen molar-refractivity contribution in [2.24, 2.45) is 5.41 Å². The third-order valence-electron chi connectivity index (χ3n) is 6.85. The molecule has 4 nitrogen and oxygen atoms in total. The van der Waals surface area contributed by atoms with Crippen molar-refractivity contribution >= 4 is 5.91 Å². The van der Waals surface area contributed by atoms with Crippen molar-refractivity contribution in [3.05, 3.63) is 35.4 Å². The van der Waals surface area contributed by atoms with Gasteiger partial charge < -0.3 is 15.0 Å². The fourth-order valence-corrected chi connectivity index (χ4v) is 4.92. The zero-order valence-electron chi connectivity index (χ0n) is 20.2. The van der Waals surface area contributed by atoms with Crippen molar-refractivity contribution in [1.82, 2.24) is 10.2 Å². The van der Waals surface area contributed by atoms with Gasteiger partial charge in [0, 0.05) is 13.7 Å². The number of hydrogen-bond acceptors (Lipinski definition) is 3. The van der Waals surface area contributed by atoms with Crippen molar-refractivity contribution < 1.29 is 9.53 Å². The number of fused-ring (bicyclic) bond motifs is 1. The molecule has 30 heavy (non-hydrogen) atoms. The zero-order valence-corrected chi connectivity index (χ0v) is 20.2. The zero-order chi connectivity index (χ0) is 22.2. The maximum atomic E-state index is 12.8. The molecule has 0 spiro atoms. The number of ether oxygens (including phenoxy) is 1. The van der Waals surface area contributed by atoms with Gasteiger partial charge in [-0.25, -0.2) is 0 Å². The molecule has 0 aromatic heterocycles. The lowest BCUT2D eigenvalue weighted by molar-refractivity contribution is -0.134. The molecule has 2 atom stereocenters. The van der Waals surface area contributed by atoms with E-state index in [1.165, 1.54) is 17.5 Å². The van der Waals surface area contributed by atoms with Gasteiger partial charge in [-0.1, -0.05) is 52.0 Å². The van der Waals surface area contributed by atoms with Gasteiger partial charge in [-0.3, -0.25) is 4.79 Å². The second-order valence-electron chi connectivity index (χ2n) is 10.0. The van der Waals surface area contributed by atoms with Gasteiger partial charge in [-0.2, -0.15) is 0 Å². The van der Waals surface area contributed by atoms with Crippen LogP contribution in [0.4, 0.5) is 0 Å². The standard InChI is InChI=1S/C26H44N2O2/c1-7-26(17-19-27-18-16-25(3,4)5)15-13-23(21-11-9-10-12-22(21)26)28(8-2)24(29)14-20-30-6/h9-12,23,27H,7-8,13-20H2,1-6H3/t23-,26?/m0/s1. The van der Waals surface area contributed by atoms with Crippen LogP contribution in [0.25, 0.3) is 0 Å². The molecule has 0 saturated heterocycles. The van der Waals surface area contributed by atoms with Gasteiger partial charge in [0.15, 0.2) is 0 Å². The van der Waals surface area contributed by atoms with Crippen molar-refractivity contribution in [2.45, 2.75) is 84.6 Å². The van der Waals surface area contributed by atoms with Gasteiger partial charge in [-0.05, 0) is 74.1 Å². The number of carbonyl (C=O) groups excluding carboxylic acids is 1. The molecule has 1 aliphatic rings. The molecule has 1 aromatic rings. The average Bonchev–Trinajstić information content (AvgIpc) is 2.72. The first-order chi connectivity index (χ1) is 14.3. The first-order valence-corrected chi connectivity index (χ1v) is 11.9. The molecule has 2 rings (SSSR count). The molecule has 1 aliphatic carbocycles. The predicted octanol–water partition coefficient (Wildman–Crippen LogP) is 5.47. The van der Waals surface area contributed by atoms with Crippen LogP contribution >= 0.6 is 0 Å². The Hall–Kier alpha value is -1.39. The van der Waals surface area contributed by atoms with E-state index in [0.29, 0.717) is 18.4 Å². The van der Waals surface area contributed by atoms with E-state index < -0.39 is 0 Å². The number of nitrogens with zero attached hydrogens (tertiary/aromatic N) is 1. The Labute approximate surface area is 184 Å². The molecule has 1 N–H and O–H groups in total. The summed E-state index contributed by atoms with van der Waals surface area (Å²) in [6.07, 6.45) is 6.13. The molecule has 0 radical (unpaired) electrons. The van der Waals surface area contributed by atoms with Crippen LogP contribution in [-0.2, 0) is 14.9 Å². The quantitative estimate of drug-likeness (QED) is 0.486. The lowest BCUT2D eigenvalue weighted by Gasteiger charge is -2.45. The van der Waals surface area contributed by atoms with Crippen LogP contribution in [-0.4, -0.2) is 44.2 Å². The van der Waals surface area contributed by atoms with E-state index >= 15 is 0 Å². The fourth-order valence-electron chi connectivity index (χ4n) is 4.92. The topological polar surface area (TPSA) is 41.6 Å². The van der Waals surface area contributed by atoms with Gasteiger partial charge in [-0.15, -0.1) is 0 Å². The summed E-state index contributed by atoms with van der Waals surface area (Å²) < 4.78 is 5.15. The van der Waals surface area contributed by atoms with Crippen LogP contribution in [0.3, 0.4) is 0 Å². The van der Waals surface area contributed by atoms with E-state index in [0.717, 1.165) is 45.3 Å². The largest absolute Gasteiger partial charge is 0.384 e. The molecule has 1 aromatic carbocycles. The molecule has 0 aliphatic heterocycles. The summed E-state index contributed by atoms with van der Waals surface area (Å²) >= 11 is 0. The summed E-state index contributed by atoms with van der Waals surface area (Å²) in [5.41, 5.74) is 3.39. The molecular weight excluding hydrogens is 372 g/mol. The molecule has 0 bridgehead atoms. The van der Waals surface area contributed by atoms with Gasteiger partial charge in [0.05, 0.1) is 19.1 Å². The van der Waals surface area contributed by atoms with Crippen LogP contribution in [0.2, 0.25) is 0 Å². The SMILES string of the molecule is CCN(C(=O)CCOC)[C@H]1CCC(CC)(CCNCCC(C)(C)C)c2ccccc21. The molecule has 0 fully saturated rings. The third kappa shape index (κ3) is 6.31. The highest BCUT2D eigenvalue weighted by atomic mass is 16.5. The van der Waals surface area contributed by atoms with Gasteiger partial charge in [0.25, 0.3) is 0 Å². The van der Waals surface area contributed by atoms with E-state index in [2.05, 4.69) is 69.1 Å². The Bertz CT molecular complexity index is 667. The van der Waals surface area contributed by atoms with Crippen molar-refractivity contribution in [1.29, 1.82) is 0 Å². The Balaban J connectivity index is 2.16. The summed E-state index contributed by atoms with van der Waals surface area (Å²) in [5, 5.41) is 3.69. The second-order valence-corrected chi connectivity index (χ2v) is 10.0. The summed E-state index contributed by atoms with van der Waals surface area (Å²) in [5.74, 6) is 0.201. The maximum Gasteiger partial charge on any atom is 0.225 e. The maximum absolute atomic E-state index is 12.8. The molecule has 1 unspecified atom stereocenters. The molecule has 4 heteroatoms. The summed E-state index contributed by atoms with van der Waals surface area (Å²) in [4.78, 5) is 14.9. The summed E-state index contributed by atoms with van der Waals surface area (Å²) in [6, 6.07) is 9.05. The minimum absolute atomic E-state index is 0.184. The number of rotatable bonds is 11. The number of hydrogen-bond donors (Lipinski definition) is 1. The van der Waals surface area contributed by atoms with E-state index in [1.54, 1.807) is 7.11 Å². The normalized spacial score (nSPS) is 21.3. The van der Waals surface area contributed by atoms with Crippen LogP contribution in [0.5, 0.6) is 0 Å². The Morgan fingerprint density at radius 1 is 1.23 bits per heavy atom. The number of nitrogens with one attached hydrogen (secondary N) is 1. The van der Waals surface area contributed by atoms with Crippen LogP contribution in [0, 0.1) is 5.41 Å². The van der Waals surface area contributed by atoms with Gasteiger partial charge in [0.1, 0.15) is 0 Å². The van der Waals surface area contributed by atoms with Crippen molar-refractivity contribution in [3.63, 3.8) is 0 Å². The van der Waals surface area contributed by atoms with E-state index in [-0.39, 0.29) is 17.4 Å². The lowest BCUT2D eigenvalue weighted by Crippen LogP contribution is -2.42. The van der Waals surface area contributed by atoms with E-state index in [1.807, 2.05) is 0 Å². The number of carbonyl (C=O) groups is 1. The predicted molar refractivity (Wildman–Crippen MR) is 126 cm³/mol. The summed E-state index contributed by atoms with van der Waals surface area (Å²) in [6.45, 7) is 14.7. The first kappa shape index (κ1) is 24.9. The third-order valence-corrected chi connectivity index (χ3v) is 6.85. The highest BCUT2D eigenvalue weighted by Gasteiger charge is 2.40. The Morgan fingerprint density at radius 3 is 2.60 bits per heavy atom. The minimum Gasteiger partial charge on any atom is -0.384 e. The van der Waals surface area contributed by atoms with Gasteiger partial charge >= 0.3 is 0 Å². The first-order valence-electron chi connectivity index (χ1n) is 11.9.